The molecule has 14 heavy (non-hydrogen) atoms. The van der Waals surface area contributed by atoms with Crippen LogP contribution in [-0.2, 0) is 0 Å². The fourth-order valence-electron chi connectivity index (χ4n) is 1.01. The fourth-order valence-corrected chi connectivity index (χ4v) is 1.91. The van der Waals surface area contributed by atoms with Crippen LogP contribution in [0.1, 0.15) is 0 Å². The molecule has 1 aromatic carbocycles. The third-order valence-electron chi connectivity index (χ3n) is 1.60. The van der Waals surface area contributed by atoms with Crippen LogP contribution < -0.4 is 0 Å². The topological polar surface area (TPSA) is 28.7 Å². The highest BCUT2D eigenvalue weighted by Gasteiger charge is 2.09. The highest BCUT2D eigenvalue weighted by atomic mass is 32.1. The number of benzene rings is 1. The highest BCUT2D eigenvalue weighted by molar-refractivity contribution is 7.73. The summed E-state index contributed by atoms with van der Waals surface area (Å²) in [5.74, 6) is -1.01. The van der Waals surface area contributed by atoms with Crippen LogP contribution in [0.15, 0.2) is 18.2 Å². The van der Waals surface area contributed by atoms with Gasteiger partial charge in [-0.05, 0) is 30.4 Å². The predicted molar refractivity (Wildman–Crippen MR) is 52.7 cm³/mol. The molecular formula is C8H4F2N2S2. The second kappa shape index (κ2) is 3.55. The summed E-state index contributed by atoms with van der Waals surface area (Å²) in [5.41, 5.74) is 0.127. The molecule has 0 unspecified atom stereocenters. The van der Waals surface area contributed by atoms with Gasteiger partial charge in [-0.25, -0.2) is 8.78 Å². The molecule has 0 aliphatic heterocycles. The van der Waals surface area contributed by atoms with E-state index in [-0.39, 0.29) is 5.56 Å². The van der Waals surface area contributed by atoms with Crippen molar-refractivity contribution in [3.05, 3.63) is 33.8 Å². The Morgan fingerprint density at radius 1 is 1.36 bits per heavy atom. The van der Waals surface area contributed by atoms with Gasteiger partial charge in [0.1, 0.15) is 16.6 Å². The monoisotopic (exact) mass is 230 g/mol. The third kappa shape index (κ3) is 1.71. The van der Waals surface area contributed by atoms with Crippen molar-refractivity contribution in [1.82, 2.24) is 10.2 Å². The molecule has 0 atom stereocenters. The number of hydrogen-bond donors (Lipinski definition) is 1. The van der Waals surface area contributed by atoms with Crippen LogP contribution in [0.2, 0.25) is 0 Å². The maximum atomic E-state index is 13.2. The molecule has 0 aliphatic carbocycles. The number of aromatic nitrogens is 2. The van der Waals surface area contributed by atoms with Gasteiger partial charge in [0.05, 0.1) is 5.56 Å². The molecule has 0 fully saturated rings. The van der Waals surface area contributed by atoms with Gasteiger partial charge in [0.15, 0.2) is 3.95 Å². The van der Waals surface area contributed by atoms with Crippen molar-refractivity contribution >= 4 is 23.6 Å². The van der Waals surface area contributed by atoms with Gasteiger partial charge >= 0.3 is 0 Å². The normalized spacial score (nSPS) is 10.4. The Hall–Kier alpha value is -1.14. The van der Waals surface area contributed by atoms with E-state index in [1.54, 1.807) is 0 Å². The first-order valence-corrected chi connectivity index (χ1v) is 4.90. The Balaban J connectivity index is 2.61. The summed E-state index contributed by atoms with van der Waals surface area (Å²) >= 11 is 5.90. The minimum atomic E-state index is -0.510. The van der Waals surface area contributed by atoms with Gasteiger partial charge in [0.2, 0.25) is 0 Å². The molecule has 0 saturated carbocycles. The molecule has 2 aromatic rings. The van der Waals surface area contributed by atoms with Crippen LogP contribution in [0.5, 0.6) is 0 Å². The van der Waals surface area contributed by atoms with E-state index < -0.39 is 11.6 Å². The highest BCUT2D eigenvalue weighted by Crippen LogP contribution is 2.25. The molecule has 0 spiro atoms. The lowest BCUT2D eigenvalue weighted by Gasteiger charge is -1.97. The Morgan fingerprint density at radius 3 is 2.79 bits per heavy atom. The lowest BCUT2D eigenvalue weighted by Crippen LogP contribution is -1.85. The van der Waals surface area contributed by atoms with Gasteiger partial charge in [-0.15, -0.1) is 0 Å². The van der Waals surface area contributed by atoms with Crippen molar-refractivity contribution in [1.29, 1.82) is 0 Å². The summed E-state index contributed by atoms with van der Waals surface area (Å²) in [6, 6.07) is 3.22. The lowest BCUT2D eigenvalue weighted by molar-refractivity contribution is 0.603. The Labute approximate surface area is 87.2 Å². The standard InChI is InChI=1S/C8H4F2N2S2/c9-4-1-2-6(10)5(3-4)7-11-12-8(13)14-7/h1-3H,(H,12,13). The number of nitrogens with one attached hydrogen (secondary N) is 1. The summed E-state index contributed by atoms with van der Waals surface area (Å²) in [7, 11) is 0. The quantitative estimate of drug-likeness (QED) is 0.762. The van der Waals surface area contributed by atoms with E-state index in [2.05, 4.69) is 10.2 Å². The van der Waals surface area contributed by atoms with E-state index in [4.69, 9.17) is 12.2 Å². The van der Waals surface area contributed by atoms with Crippen molar-refractivity contribution < 1.29 is 8.78 Å². The van der Waals surface area contributed by atoms with Gasteiger partial charge in [0.25, 0.3) is 0 Å². The molecule has 0 amide bonds. The average Bonchev–Trinajstić information content (AvgIpc) is 2.56. The Morgan fingerprint density at radius 2 is 2.14 bits per heavy atom. The van der Waals surface area contributed by atoms with Gasteiger partial charge in [-0.3, -0.25) is 5.10 Å². The van der Waals surface area contributed by atoms with Crippen molar-refractivity contribution in [2.24, 2.45) is 0 Å². The maximum Gasteiger partial charge on any atom is 0.176 e. The molecule has 1 heterocycles. The van der Waals surface area contributed by atoms with Crippen LogP contribution in [0.25, 0.3) is 10.6 Å². The molecule has 0 aliphatic rings. The number of nitrogens with zero attached hydrogens (tertiary/aromatic N) is 1. The van der Waals surface area contributed by atoms with Crippen LogP contribution >= 0.6 is 23.6 Å². The number of hydrogen-bond acceptors (Lipinski definition) is 3. The zero-order valence-electron chi connectivity index (χ0n) is 6.75. The molecule has 1 aromatic heterocycles. The lowest BCUT2D eigenvalue weighted by atomic mass is 10.2. The Kier molecular flexibility index (Phi) is 2.39. The molecular weight excluding hydrogens is 226 g/mol. The summed E-state index contributed by atoms with van der Waals surface area (Å²) in [6.45, 7) is 0. The summed E-state index contributed by atoms with van der Waals surface area (Å²) < 4.78 is 26.5. The van der Waals surface area contributed by atoms with Crippen molar-refractivity contribution in [2.75, 3.05) is 0 Å². The predicted octanol–water partition coefficient (Wildman–Crippen LogP) is 3.15. The van der Waals surface area contributed by atoms with Crippen LogP contribution in [0.3, 0.4) is 0 Å². The van der Waals surface area contributed by atoms with Gasteiger partial charge in [-0.1, -0.05) is 11.3 Å². The largest absolute Gasteiger partial charge is 0.258 e. The molecule has 6 heteroatoms. The van der Waals surface area contributed by atoms with Gasteiger partial charge < -0.3 is 0 Å². The molecule has 2 nitrogen and oxygen atoms in total. The van der Waals surface area contributed by atoms with E-state index in [1.807, 2.05) is 0 Å². The maximum absolute atomic E-state index is 13.2. The van der Waals surface area contributed by atoms with Gasteiger partial charge in [0, 0.05) is 0 Å². The van der Waals surface area contributed by atoms with Crippen molar-refractivity contribution in [3.63, 3.8) is 0 Å². The van der Waals surface area contributed by atoms with E-state index in [9.17, 15) is 8.78 Å². The molecule has 0 radical (unpaired) electrons. The minimum absolute atomic E-state index is 0.127. The zero-order chi connectivity index (χ0) is 10.1. The number of H-pyrrole nitrogens is 1. The van der Waals surface area contributed by atoms with Crippen LogP contribution in [0.4, 0.5) is 8.78 Å². The van der Waals surface area contributed by atoms with E-state index >= 15 is 0 Å². The first-order chi connectivity index (χ1) is 6.66. The smallest absolute Gasteiger partial charge is 0.176 e. The van der Waals surface area contributed by atoms with Crippen molar-refractivity contribution in [2.45, 2.75) is 0 Å². The molecule has 1 N–H and O–H groups in total. The van der Waals surface area contributed by atoms with Crippen LogP contribution in [0, 0.1) is 15.6 Å². The van der Waals surface area contributed by atoms with E-state index in [0.29, 0.717) is 8.96 Å². The molecule has 72 valence electrons. The van der Waals surface area contributed by atoms with E-state index in [1.165, 1.54) is 0 Å². The summed E-state index contributed by atoms with van der Waals surface area (Å²) in [6.07, 6.45) is 0. The summed E-state index contributed by atoms with van der Waals surface area (Å²) in [4.78, 5) is 0. The second-order valence-electron chi connectivity index (χ2n) is 2.54. The molecule has 0 saturated heterocycles. The zero-order valence-corrected chi connectivity index (χ0v) is 8.38. The van der Waals surface area contributed by atoms with Crippen molar-refractivity contribution in [3.8, 4) is 10.6 Å². The Bertz CT molecular complexity index is 518. The second-order valence-corrected chi connectivity index (χ2v) is 4.21. The summed E-state index contributed by atoms with van der Waals surface area (Å²) in [5, 5.41) is 6.63. The van der Waals surface area contributed by atoms with Gasteiger partial charge in [-0.2, -0.15) is 5.10 Å². The molecule has 0 bridgehead atoms. The fraction of sp³-hybridized carbons (Fsp3) is 0. The molecule has 2 rings (SSSR count). The number of aromatic amines is 1. The number of halogens is 2. The minimum Gasteiger partial charge on any atom is -0.258 e. The van der Waals surface area contributed by atoms with E-state index in [0.717, 1.165) is 29.5 Å². The first kappa shape index (κ1) is 9.42. The SMILES string of the molecule is Fc1ccc(F)c(-c2n[nH]c(=S)s2)c1. The third-order valence-corrected chi connectivity index (χ3v) is 2.72. The first-order valence-electron chi connectivity index (χ1n) is 3.68. The average molecular weight is 230 g/mol. The number of rotatable bonds is 1. The van der Waals surface area contributed by atoms with Crippen LogP contribution in [-0.4, -0.2) is 10.2 Å².